The Hall–Kier alpha value is -1.89. The van der Waals surface area contributed by atoms with E-state index < -0.39 is 0 Å². The molecule has 7 nitrogen and oxygen atoms in total. The summed E-state index contributed by atoms with van der Waals surface area (Å²) in [5, 5.41) is 6.61. The van der Waals surface area contributed by atoms with Gasteiger partial charge in [-0.25, -0.2) is 0 Å². The van der Waals surface area contributed by atoms with Crippen LogP contribution in [0.1, 0.15) is 23.4 Å². The number of carbonyl (C=O) groups is 2. The summed E-state index contributed by atoms with van der Waals surface area (Å²) in [7, 11) is 3.62. The van der Waals surface area contributed by atoms with Crippen molar-refractivity contribution in [1.29, 1.82) is 0 Å². The molecule has 2 amide bonds. The third-order valence-corrected chi connectivity index (χ3v) is 4.46. The highest BCUT2D eigenvalue weighted by Crippen LogP contribution is 2.16. The zero-order chi connectivity index (χ0) is 17.0. The summed E-state index contributed by atoms with van der Waals surface area (Å²) in [6.45, 7) is 6.34. The average molecular weight is 322 g/mol. The summed E-state index contributed by atoms with van der Waals surface area (Å²) in [6, 6.07) is 0. The van der Waals surface area contributed by atoms with Crippen LogP contribution in [0.25, 0.3) is 0 Å². The van der Waals surface area contributed by atoms with E-state index in [0.717, 1.165) is 23.6 Å². The van der Waals surface area contributed by atoms with Crippen molar-refractivity contribution in [2.45, 2.75) is 26.7 Å². The predicted octanol–water partition coefficient (Wildman–Crippen LogP) is 0.360. The molecule has 1 aromatic rings. The Bertz CT molecular complexity index is 550. The minimum absolute atomic E-state index is 0.0118. The first kappa shape index (κ1) is 17.5. The molecule has 1 fully saturated rings. The Morgan fingerprint density at radius 2 is 2.04 bits per heavy atom. The number of likely N-dealkylation sites (N-methyl/N-ethyl adjacent to an activating group) is 1. The number of hydrogen-bond acceptors (Lipinski definition) is 5. The normalized spacial score (nSPS) is 19.5. The molecule has 2 rings (SSSR count). The molecule has 1 saturated heterocycles. The van der Waals surface area contributed by atoms with Gasteiger partial charge in [0.05, 0.1) is 11.6 Å². The van der Waals surface area contributed by atoms with Crippen LogP contribution in [0.15, 0.2) is 4.52 Å². The Balaban J connectivity index is 1.98. The fraction of sp³-hybridized carbons (Fsp3) is 0.688. The zero-order valence-corrected chi connectivity index (χ0v) is 14.4. The van der Waals surface area contributed by atoms with Crippen LogP contribution in [-0.4, -0.2) is 67.0 Å². The second-order valence-corrected chi connectivity index (χ2v) is 6.22. The first-order valence-corrected chi connectivity index (χ1v) is 8.02. The molecule has 0 saturated carbocycles. The van der Waals surface area contributed by atoms with Crippen LogP contribution in [0.2, 0.25) is 0 Å². The van der Waals surface area contributed by atoms with E-state index in [0.29, 0.717) is 32.5 Å². The van der Waals surface area contributed by atoms with Gasteiger partial charge in [0.25, 0.3) is 0 Å². The van der Waals surface area contributed by atoms with Crippen LogP contribution in [0.4, 0.5) is 0 Å². The molecule has 1 atom stereocenters. The van der Waals surface area contributed by atoms with Crippen molar-refractivity contribution in [3.63, 3.8) is 0 Å². The Kier molecular flexibility index (Phi) is 5.76. The number of nitrogens with one attached hydrogen (secondary N) is 1. The molecule has 1 aliphatic heterocycles. The lowest BCUT2D eigenvalue weighted by molar-refractivity contribution is -0.132. The maximum Gasteiger partial charge on any atom is 0.225 e. The monoisotopic (exact) mass is 322 g/mol. The highest BCUT2D eigenvalue weighted by molar-refractivity contribution is 5.81. The molecule has 23 heavy (non-hydrogen) atoms. The molecule has 0 radical (unpaired) electrons. The second-order valence-electron chi connectivity index (χ2n) is 6.22. The van der Waals surface area contributed by atoms with Crippen LogP contribution < -0.4 is 5.32 Å². The third-order valence-electron chi connectivity index (χ3n) is 4.46. The Morgan fingerprint density at radius 1 is 1.30 bits per heavy atom. The van der Waals surface area contributed by atoms with Crippen molar-refractivity contribution in [3.05, 3.63) is 17.0 Å². The molecular formula is C16H26N4O3. The van der Waals surface area contributed by atoms with Crippen molar-refractivity contribution in [2.24, 2.45) is 5.92 Å². The maximum atomic E-state index is 12.6. The van der Waals surface area contributed by atoms with Gasteiger partial charge in [-0.2, -0.15) is 0 Å². The van der Waals surface area contributed by atoms with E-state index in [1.54, 1.807) is 7.05 Å². The fourth-order valence-corrected chi connectivity index (χ4v) is 3.02. The van der Waals surface area contributed by atoms with Crippen LogP contribution in [0, 0.1) is 19.8 Å². The number of hydrogen-bond donors (Lipinski definition) is 1. The van der Waals surface area contributed by atoms with Crippen LogP contribution in [-0.2, 0) is 16.0 Å². The van der Waals surface area contributed by atoms with Crippen molar-refractivity contribution in [3.8, 4) is 0 Å². The van der Waals surface area contributed by atoms with Gasteiger partial charge in [-0.3, -0.25) is 9.59 Å². The first-order valence-electron chi connectivity index (χ1n) is 8.02. The minimum atomic E-state index is -0.185. The van der Waals surface area contributed by atoms with Gasteiger partial charge in [0, 0.05) is 45.2 Å². The van der Waals surface area contributed by atoms with Crippen molar-refractivity contribution in [2.75, 3.05) is 40.3 Å². The summed E-state index contributed by atoms with van der Waals surface area (Å²) in [5.41, 5.74) is 1.85. The fourth-order valence-electron chi connectivity index (χ4n) is 3.02. The number of nitrogens with zero attached hydrogens (tertiary/aromatic N) is 3. The van der Waals surface area contributed by atoms with Gasteiger partial charge in [0.2, 0.25) is 11.8 Å². The van der Waals surface area contributed by atoms with Gasteiger partial charge in [0.15, 0.2) is 0 Å². The molecule has 0 bridgehead atoms. The van der Waals surface area contributed by atoms with E-state index >= 15 is 0 Å². The zero-order valence-electron chi connectivity index (χ0n) is 14.4. The molecule has 0 aliphatic carbocycles. The number of aromatic nitrogens is 1. The Morgan fingerprint density at radius 3 is 2.65 bits per heavy atom. The molecular weight excluding hydrogens is 296 g/mol. The lowest BCUT2D eigenvalue weighted by atomic mass is 10.1. The number of amides is 2. The molecule has 2 heterocycles. The third kappa shape index (κ3) is 4.31. The standard InChI is InChI=1S/C16H26N4O3/c1-11-14(12(2)23-18-11)5-6-15(21)20-8-7-19(4)9-13(10-20)16(22)17-3/h13H,5-10H2,1-4H3,(H,17,22)/t13-/m1/s1. The van der Waals surface area contributed by atoms with E-state index in [-0.39, 0.29) is 17.7 Å². The minimum Gasteiger partial charge on any atom is -0.361 e. The summed E-state index contributed by atoms with van der Waals surface area (Å²) < 4.78 is 5.14. The summed E-state index contributed by atoms with van der Waals surface area (Å²) in [5.74, 6) is 0.654. The molecule has 1 N–H and O–H groups in total. The molecule has 0 aromatic carbocycles. The van der Waals surface area contributed by atoms with Crippen molar-refractivity contribution < 1.29 is 14.1 Å². The molecule has 1 aromatic heterocycles. The highest BCUT2D eigenvalue weighted by Gasteiger charge is 2.28. The van der Waals surface area contributed by atoms with Gasteiger partial charge in [-0.15, -0.1) is 0 Å². The topological polar surface area (TPSA) is 78.7 Å². The number of carbonyl (C=O) groups excluding carboxylic acids is 2. The molecule has 0 spiro atoms. The van der Waals surface area contributed by atoms with Gasteiger partial charge in [-0.1, -0.05) is 5.16 Å². The van der Waals surface area contributed by atoms with E-state index in [4.69, 9.17) is 4.52 Å². The lowest BCUT2D eigenvalue weighted by Gasteiger charge is -2.23. The molecule has 1 aliphatic rings. The smallest absolute Gasteiger partial charge is 0.225 e. The maximum absolute atomic E-state index is 12.6. The summed E-state index contributed by atoms with van der Waals surface area (Å²) >= 11 is 0. The van der Waals surface area contributed by atoms with Crippen LogP contribution >= 0.6 is 0 Å². The van der Waals surface area contributed by atoms with Gasteiger partial charge >= 0.3 is 0 Å². The van der Waals surface area contributed by atoms with Crippen molar-refractivity contribution >= 4 is 11.8 Å². The summed E-state index contributed by atoms with van der Waals surface area (Å²) in [4.78, 5) is 28.4. The van der Waals surface area contributed by atoms with E-state index in [1.165, 1.54) is 0 Å². The summed E-state index contributed by atoms with van der Waals surface area (Å²) in [6.07, 6.45) is 1.03. The largest absolute Gasteiger partial charge is 0.361 e. The highest BCUT2D eigenvalue weighted by atomic mass is 16.5. The molecule has 7 heteroatoms. The first-order chi connectivity index (χ1) is 10.9. The quantitative estimate of drug-likeness (QED) is 0.866. The van der Waals surface area contributed by atoms with E-state index in [9.17, 15) is 9.59 Å². The van der Waals surface area contributed by atoms with E-state index in [1.807, 2.05) is 25.8 Å². The van der Waals surface area contributed by atoms with Gasteiger partial charge < -0.3 is 19.6 Å². The molecule has 128 valence electrons. The predicted molar refractivity (Wildman–Crippen MR) is 85.9 cm³/mol. The Labute approximate surface area is 137 Å². The second kappa shape index (κ2) is 7.59. The van der Waals surface area contributed by atoms with Crippen LogP contribution in [0.3, 0.4) is 0 Å². The van der Waals surface area contributed by atoms with Gasteiger partial charge in [0.1, 0.15) is 5.76 Å². The SMILES string of the molecule is CNC(=O)[C@@H]1CN(C)CCN(C(=O)CCc2c(C)noc2C)C1. The van der Waals surface area contributed by atoms with Crippen LogP contribution in [0.5, 0.6) is 0 Å². The molecule has 0 unspecified atom stereocenters. The number of aryl methyl sites for hydroxylation is 2. The van der Waals surface area contributed by atoms with E-state index in [2.05, 4.69) is 15.4 Å². The van der Waals surface area contributed by atoms with Crippen molar-refractivity contribution in [1.82, 2.24) is 20.3 Å². The average Bonchev–Trinajstić information content (AvgIpc) is 2.73. The number of rotatable bonds is 4. The van der Waals surface area contributed by atoms with Gasteiger partial charge in [-0.05, 0) is 27.3 Å². The lowest BCUT2D eigenvalue weighted by Crippen LogP contribution is -2.41.